The Kier molecular flexibility index (Phi) is 6.74. The van der Waals surface area contributed by atoms with Gasteiger partial charge in [0.05, 0.1) is 22.2 Å². The van der Waals surface area contributed by atoms with Gasteiger partial charge in [-0.15, -0.1) is 0 Å². The molecule has 0 N–H and O–H groups in total. The van der Waals surface area contributed by atoms with E-state index in [0.717, 1.165) is 11.4 Å². The Bertz CT molecular complexity index is 3250. The van der Waals surface area contributed by atoms with Gasteiger partial charge in [-0.3, -0.25) is 0 Å². The van der Waals surface area contributed by atoms with Gasteiger partial charge in [0.2, 0.25) is 0 Å². The molecule has 2 atom stereocenters. The molecule has 58 heavy (non-hydrogen) atoms. The van der Waals surface area contributed by atoms with Gasteiger partial charge in [0.15, 0.2) is 0 Å². The molecular formula is C55H35NOS. The monoisotopic (exact) mass is 757 g/mol. The van der Waals surface area contributed by atoms with Crippen molar-refractivity contribution in [3.05, 3.63) is 244 Å². The van der Waals surface area contributed by atoms with Crippen molar-refractivity contribution in [2.75, 3.05) is 0 Å². The maximum atomic E-state index is 6.98. The van der Waals surface area contributed by atoms with Gasteiger partial charge in [-0.05, 0) is 86.5 Å². The Balaban J connectivity index is 1.11. The van der Waals surface area contributed by atoms with Crippen molar-refractivity contribution < 1.29 is 4.74 Å². The Morgan fingerprint density at radius 3 is 1.93 bits per heavy atom. The number of ether oxygens (including phenoxy) is 1. The predicted octanol–water partition coefficient (Wildman–Crippen LogP) is 11.6. The van der Waals surface area contributed by atoms with Crippen LogP contribution >= 0.6 is 11.8 Å². The van der Waals surface area contributed by atoms with Crippen molar-refractivity contribution in [1.29, 1.82) is 0 Å². The van der Waals surface area contributed by atoms with Crippen LogP contribution in [0.25, 0.3) is 49.3 Å². The first kappa shape index (κ1) is 32.3. The fraction of sp³-hybridized carbons (Fsp3) is 0.0545. The standard InChI is InChI=1S/C55H35NOS/c1-4-16-36(17-5-1)55(37-18-6-2-7-19-37)44-25-13-10-22-39(44)40-30-28-34(32-45(40)55)35-29-31-41-46(33-35)56(38-20-8-3-9-21-38)52-49(41)50-42-23-11-14-26-47(42)57-53(50)51-43-24-12-15-27-48(43)58-54(51)52/h1-33,51,53H. The highest BCUT2D eigenvalue weighted by Crippen LogP contribution is 2.58. The Hall–Kier alpha value is -6.81. The maximum Gasteiger partial charge on any atom is 0.137 e. The SMILES string of the molecule is c1ccc(-n2c3c(c4ccc(-c5ccc6c(c5)C(c5ccccc5)(c5ccccc5)c5ccccc5-6)cc42)=C2c4ccccc4OC2C2C=3Sc3ccccc32)cc1. The molecule has 3 heterocycles. The van der Waals surface area contributed by atoms with E-state index in [4.69, 9.17) is 4.74 Å². The topological polar surface area (TPSA) is 14.2 Å². The highest BCUT2D eigenvalue weighted by Gasteiger charge is 2.48. The number of thioether (sulfide) groups is 1. The second kappa shape index (κ2) is 12.1. The number of fused-ring (bicyclic) bond motifs is 13. The van der Waals surface area contributed by atoms with E-state index in [1.165, 1.54) is 92.5 Å². The second-order valence-corrected chi connectivity index (χ2v) is 16.9. The van der Waals surface area contributed by atoms with Crippen LogP contribution in [0, 0.1) is 0 Å². The summed E-state index contributed by atoms with van der Waals surface area (Å²) in [5.74, 6) is 1.09. The third kappa shape index (κ3) is 4.24. The van der Waals surface area contributed by atoms with E-state index in [2.05, 4.69) is 205 Å². The first-order valence-electron chi connectivity index (χ1n) is 20.2. The van der Waals surface area contributed by atoms with E-state index < -0.39 is 5.41 Å². The Morgan fingerprint density at radius 1 is 0.517 bits per heavy atom. The average Bonchev–Trinajstić information content (AvgIpc) is 4.04. The van der Waals surface area contributed by atoms with Crippen LogP contribution in [0.5, 0.6) is 5.75 Å². The summed E-state index contributed by atoms with van der Waals surface area (Å²) >= 11 is 1.92. The highest BCUT2D eigenvalue weighted by molar-refractivity contribution is 8.08. The molecule has 13 rings (SSSR count). The van der Waals surface area contributed by atoms with Gasteiger partial charge < -0.3 is 9.30 Å². The summed E-state index contributed by atoms with van der Waals surface area (Å²) in [4.78, 5) is 2.68. The van der Waals surface area contributed by atoms with Gasteiger partial charge in [-0.25, -0.2) is 0 Å². The zero-order valence-electron chi connectivity index (χ0n) is 31.5. The van der Waals surface area contributed by atoms with Gasteiger partial charge in [-0.2, -0.15) is 0 Å². The van der Waals surface area contributed by atoms with Crippen LogP contribution in [0.4, 0.5) is 0 Å². The third-order valence-electron chi connectivity index (χ3n) is 13.1. The zero-order valence-corrected chi connectivity index (χ0v) is 32.3. The lowest BCUT2D eigenvalue weighted by Gasteiger charge is -2.34. The summed E-state index contributed by atoms with van der Waals surface area (Å²) in [6.45, 7) is 0. The number of hydrogen-bond donors (Lipinski definition) is 0. The van der Waals surface area contributed by atoms with E-state index in [0.29, 0.717) is 0 Å². The molecular weight excluding hydrogens is 723 g/mol. The van der Waals surface area contributed by atoms with Crippen molar-refractivity contribution in [2.24, 2.45) is 0 Å². The van der Waals surface area contributed by atoms with E-state index in [1.807, 2.05) is 11.8 Å². The van der Waals surface area contributed by atoms with E-state index >= 15 is 0 Å². The summed E-state index contributed by atoms with van der Waals surface area (Å²) in [6.07, 6.45) is -0.0898. The number of benzene rings is 8. The molecule has 3 heteroatoms. The number of para-hydroxylation sites is 2. The van der Waals surface area contributed by atoms with Crippen LogP contribution in [0.1, 0.15) is 39.3 Å². The van der Waals surface area contributed by atoms with Crippen LogP contribution in [-0.4, -0.2) is 10.7 Å². The Morgan fingerprint density at radius 2 is 1.14 bits per heavy atom. The molecule has 0 radical (unpaired) electrons. The summed E-state index contributed by atoms with van der Waals surface area (Å²) < 4.78 is 9.52. The third-order valence-corrected chi connectivity index (χ3v) is 14.3. The average molecular weight is 758 g/mol. The van der Waals surface area contributed by atoms with Gasteiger partial charge in [0, 0.05) is 37.2 Å². The van der Waals surface area contributed by atoms with Crippen LogP contribution in [0.3, 0.4) is 0 Å². The quantitative estimate of drug-likeness (QED) is 0.177. The van der Waals surface area contributed by atoms with Crippen LogP contribution in [-0.2, 0) is 5.41 Å². The van der Waals surface area contributed by atoms with Crippen LogP contribution in [0.2, 0.25) is 0 Å². The first-order valence-corrected chi connectivity index (χ1v) is 21.0. The van der Waals surface area contributed by atoms with Gasteiger partial charge in [0.1, 0.15) is 11.9 Å². The van der Waals surface area contributed by atoms with Crippen molar-refractivity contribution in [2.45, 2.75) is 22.3 Å². The molecule has 0 fully saturated rings. The van der Waals surface area contributed by atoms with Crippen molar-refractivity contribution in [3.63, 3.8) is 0 Å². The predicted molar refractivity (Wildman–Crippen MR) is 237 cm³/mol. The van der Waals surface area contributed by atoms with Crippen molar-refractivity contribution in [1.82, 2.24) is 4.57 Å². The number of aromatic nitrogens is 1. The Labute approximate surface area is 341 Å². The van der Waals surface area contributed by atoms with E-state index in [9.17, 15) is 0 Å². The lowest BCUT2D eigenvalue weighted by atomic mass is 9.67. The zero-order chi connectivity index (χ0) is 38.0. The summed E-state index contributed by atoms with van der Waals surface area (Å²) in [7, 11) is 0. The van der Waals surface area contributed by atoms with Gasteiger partial charge in [-0.1, -0.05) is 176 Å². The molecule has 0 spiro atoms. The highest BCUT2D eigenvalue weighted by atomic mass is 32.2. The molecule has 0 amide bonds. The molecule has 272 valence electrons. The summed E-state index contributed by atoms with van der Waals surface area (Å²) in [6, 6.07) is 74.0. The van der Waals surface area contributed by atoms with Crippen LogP contribution < -0.4 is 15.3 Å². The van der Waals surface area contributed by atoms with E-state index in [1.54, 1.807) is 0 Å². The van der Waals surface area contributed by atoms with Crippen molar-refractivity contribution >= 4 is 33.1 Å². The smallest absolute Gasteiger partial charge is 0.137 e. The first-order chi connectivity index (χ1) is 28.8. The fourth-order valence-electron chi connectivity index (χ4n) is 10.7. The van der Waals surface area contributed by atoms with Gasteiger partial charge in [0.25, 0.3) is 0 Å². The largest absolute Gasteiger partial charge is 0.484 e. The minimum Gasteiger partial charge on any atom is -0.484 e. The van der Waals surface area contributed by atoms with Crippen LogP contribution in [0.15, 0.2) is 205 Å². The lowest BCUT2D eigenvalue weighted by Crippen LogP contribution is -2.42. The normalized spacial score (nSPS) is 17.4. The molecule has 2 unspecified atom stereocenters. The lowest BCUT2D eigenvalue weighted by molar-refractivity contribution is 0.262. The molecule has 4 aliphatic rings. The molecule has 2 aliphatic heterocycles. The molecule has 1 aromatic heterocycles. The van der Waals surface area contributed by atoms with E-state index in [-0.39, 0.29) is 12.0 Å². The number of rotatable bonds is 4. The molecule has 8 aromatic carbocycles. The number of hydrogen-bond acceptors (Lipinski definition) is 2. The molecule has 0 saturated heterocycles. The number of nitrogens with zero attached hydrogens (tertiary/aromatic N) is 1. The molecule has 2 nitrogen and oxygen atoms in total. The minimum absolute atomic E-state index is 0.0898. The molecule has 0 bridgehead atoms. The van der Waals surface area contributed by atoms with Gasteiger partial charge >= 0.3 is 0 Å². The second-order valence-electron chi connectivity index (χ2n) is 15.8. The minimum atomic E-state index is -0.459. The molecule has 2 aliphatic carbocycles. The summed E-state index contributed by atoms with van der Waals surface area (Å²) in [5, 5.41) is 3.83. The summed E-state index contributed by atoms with van der Waals surface area (Å²) in [5.41, 5.74) is 16.0. The fourth-order valence-corrected chi connectivity index (χ4v) is 12.1. The van der Waals surface area contributed by atoms with Crippen molar-refractivity contribution in [3.8, 4) is 33.7 Å². The maximum absolute atomic E-state index is 6.98. The molecule has 0 saturated carbocycles. The molecule has 9 aromatic rings.